The van der Waals surface area contributed by atoms with Crippen molar-refractivity contribution in [2.45, 2.75) is 72.1 Å². The lowest BCUT2D eigenvalue weighted by molar-refractivity contribution is 0.705. The lowest BCUT2D eigenvalue weighted by Crippen LogP contribution is -1.99. The molecule has 0 saturated heterocycles. The zero-order valence-electron chi connectivity index (χ0n) is 12.5. The van der Waals surface area contributed by atoms with Crippen LogP contribution < -0.4 is 0 Å². The van der Waals surface area contributed by atoms with Crippen LogP contribution in [0.2, 0.25) is 0 Å². The molecule has 0 nitrogen and oxygen atoms in total. The molecule has 0 unspecified atom stereocenters. The summed E-state index contributed by atoms with van der Waals surface area (Å²) in [6.07, 6.45) is 12.8. The minimum absolute atomic E-state index is 1.25. The summed E-state index contributed by atoms with van der Waals surface area (Å²) in [6.45, 7) is 6.73. The molecule has 1 aromatic carbocycles. The highest BCUT2D eigenvalue weighted by atomic mass is 14.1. The van der Waals surface area contributed by atoms with Gasteiger partial charge in [0.25, 0.3) is 0 Å². The number of hydrogen-bond acceptors (Lipinski definition) is 0. The number of hydrogen-bond donors (Lipinski definition) is 0. The van der Waals surface area contributed by atoms with Gasteiger partial charge in [-0.1, -0.05) is 64.7 Å². The lowest BCUT2D eigenvalue weighted by atomic mass is 9.92. The van der Waals surface area contributed by atoms with Crippen LogP contribution in [0.1, 0.15) is 76.0 Å². The molecule has 101 valence electrons. The van der Waals surface area contributed by atoms with Crippen LogP contribution in [0.25, 0.3) is 0 Å². The molecule has 0 atom stereocenters. The van der Waals surface area contributed by atoms with Gasteiger partial charge < -0.3 is 0 Å². The van der Waals surface area contributed by atoms with Crippen molar-refractivity contribution in [2.24, 2.45) is 0 Å². The third kappa shape index (κ3) is 4.84. The molecule has 18 heavy (non-hydrogen) atoms. The minimum Gasteiger partial charge on any atom is -0.0654 e. The minimum atomic E-state index is 1.25. The zero-order chi connectivity index (χ0) is 13.2. The largest absolute Gasteiger partial charge is 0.0654 e. The first kappa shape index (κ1) is 15.3. The topological polar surface area (TPSA) is 0 Å². The number of rotatable bonds is 9. The van der Waals surface area contributed by atoms with Crippen LogP contribution in [0.15, 0.2) is 18.2 Å². The van der Waals surface area contributed by atoms with Gasteiger partial charge in [-0.15, -0.1) is 0 Å². The highest BCUT2D eigenvalue weighted by Crippen LogP contribution is 2.21. The highest BCUT2D eigenvalue weighted by molar-refractivity contribution is 5.40. The van der Waals surface area contributed by atoms with Crippen molar-refractivity contribution >= 4 is 0 Å². The molecule has 0 N–H and O–H groups in total. The first-order chi connectivity index (χ1) is 8.83. The fourth-order valence-electron chi connectivity index (χ4n) is 2.60. The summed E-state index contributed by atoms with van der Waals surface area (Å²) in [5, 5.41) is 0. The average molecular weight is 245 g/mol. The van der Waals surface area contributed by atoms with E-state index in [1.807, 2.05) is 0 Å². The molecule has 0 saturated carbocycles. The first-order valence-electron chi connectivity index (χ1n) is 7.73. The predicted octanol–water partition coefficient (Wildman–Crippen LogP) is 5.72. The summed E-state index contributed by atoms with van der Waals surface area (Å²) < 4.78 is 0. The monoisotopic (exact) mass is 245 g/mol. The Kier molecular flexibility index (Phi) is 7.80. The SMILES string of the molecule is C[CH]c1c(CCCCC)cccc1CCCCC. The summed E-state index contributed by atoms with van der Waals surface area (Å²) >= 11 is 0. The van der Waals surface area contributed by atoms with Crippen molar-refractivity contribution in [3.63, 3.8) is 0 Å². The Hall–Kier alpha value is -0.780. The zero-order valence-corrected chi connectivity index (χ0v) is 12.5. The van der Waals surface area contributed by atoms with Crippen molar-refractivity contribution in [3.8, 4) is 0 Å². The third-order valence-corrected chi connectivity index (χ3v) is 3.67. The van der Waals surface area contributed by atoms with E-state index in [4.69, 9.17) is 0 Å². The molecule has 1 aromatic rings. The van der Waals surface area contributed by atoms with E-state index >= 15 is 0 Å². The van der Waals surface area contributed by atoms with Gasteiger partial charge in [-0.2, -0.15) is 0 Å². The van der Waals surface area contributed by atoms with Gasteiger partial charge >= 0.3 is 0 Å². The summed E-state index contributed by atoms with van der Waals surface area (Å²) in [4.78, 5) is 0. The van der Waals surface area contributed by atoms with Crippen molar-refractivity contribution in [1.29, 1.82) is 0 Å². The fourth-order valence-corrected chi connectivity index (χ4v) is 2.60. The van der Waals surface area contributed by atoms with Crippen molar-refractivity contribution < 1.29 is 0 Å². The van der Waals surface area contributed by atoms with E-state index in [-0.39, 0.29) is 0 Å². The molecule has 0 aliphatic carbocycles. The van der Waals surface area contributed by atoms with Gasteiger partial charge in [0, 0.05) is 0 Å². The second kappa shape index (κ2) is 9.19. The van der Waals surface area contributed by atoms with Crippen molar-refractivity contribution in [1.82, 2.24) is 0 Å². The maximum atomic E-state index is 2.31. The van der Waals surface area contributed by atoms with E-state index in [1.54, 1.807) is 11.1 Å². The second-order valence-electron chi connectivity index (χ2n) is 5.19. The highest BCUT2D eigenvalue weighted by Gasteiger charge is 2.06. The second-order valence-corrected chi connectivity index (χ2v) is 5.19. The van der Waals surface area contributed by atoms with Crippen molar-refractivity contribution in [2.75, 3.05) is 0 Å². The van der Waals surface area contributed by atoms with Crippen LogP contribution in [-0.2, 0) is 12.8 Å². The number of benzene rings is 1. The maximum absolute atomic E-state index is 2.31. The molecule has 0 bridgehead atoms. The molecule has 0 spiro atoms. The number of aryl methyl sites for hydroxylation is 2. The molecule has 0 heteroatoms. The van der Waals surface area contributed by atoms with Gasteiger partial charge in [-0.3, -0.25) is 0 Å². The Bertz CT molecular complexity index is 297. The van der Waals surface area contributed by atoms with E-state index in [1.165, 1.54) is 56.9 Å². The van der Waals surface area contributed by atoms with E-state index in [0.717, 1.165) is 0 Å². The maximum Gasteiger partial charge on any atom is -0.0118 e. The van der Waals surface area contributed by atoms with Crippen LogP contribution in [0, 0.1) is 6.42 Å². The molecule has 0 aliphatic heterocycles. The molecule has 1 radical (unpaired) electrons. The Balaban J connectivity index is 2.68. The summed E-state index contributed by atoms with van der Waals surface area (Å²) in [5.74, 6) is 0. The Labute approximate surface area is 114 Å². The average Bonchev–Trinajstić information content (AvgIpc) is 2.39. The van der Waals surface area contributed by atoms with Crippen LogP contribution in [0.5, 0.6) is 0 Å². The van der Waals surface area contributed by atoms with Gasteiger partial charge in [0.05, 0.1) is 0 Å². The first-order valence-corrected chi connectivity index (χ1v) is 7.73. The molecular formula is C18H29. The molecule has 0 amide bonds. The van der Waals surface area contributed by atoms with Gasteiger partial charge in [-0.05, 0) is 48.8 Å². The Morgan fingerprint density at radius 2 is 1.33 bits per heavy atom. The Morgan fingerprint density at radius 3 is 1.72 bits per heavy atom. The molecular weight excluding hydrogens is 216 g/mol. The molecule has 0 fully saturated rings. The Morgan fingerprint density at radius 1 is 0.833 bits per heavy atom. The van der Waals surface area contributed by atoms with Gasteiger partial charge in [-0.25, -0.2) is 0 Å². The molecule has 0 aliphatic rings. The van der Waals surface area contributed by atoms with E-state index < -0.39 is 0 Å². The predicted molar refractivity (Wildman–Crippen MR) is 82.0 cm³/mol. The summed E-state index contributed by atoms with van der Waals surface area (Å²) in [7, 11) is 0. The van der Waals surface area contributed by atoms with Gasteiger partial charge in [0.15, 0.2) is 0 Å². The third-order valence-electron chi connectivity index (χ3n) is 3.67. The van der Waals surface area contributed by atoms with E-state index in [9.17, 15) is 0 Å². The van der Waals surface area contributed by atoms with Crippen LogP contribution in [-0.4, -0.2) is 0 Å². The molecule has 0 aromatic heterocycles. The molecule has 1 rings (SSSR count). The number of unbranched alkanes of at least 4 members (excludes halogenated alkanes) is 4. The lowest BCUT2D eigenvalue weighted by Gasteiger charge is -2.13. The summed E-state index contributed by atoms with van der Waals surface area (Å²) in [5.41, 5.74) is 4.63. The van der Waals surface area contributed by atoms with E-state index in [0.29, 0.717) is 0 Å². The smallest absolute Gasteiger partial charge is 0.0118 e. The van der Waals surface area contributed by atoms with Crippen LogP contribution in [0.3, 0.4) is 0 Å². The standard InChI is InChI=1S/C18H29/c1-4-7-9-12-16-14-11-15-17(18(16)6-3)13-10-8-5-2/h6,11,14-15H,4-5,7-10,12-13H2,1-3H3. The summed E-state index contributed by atoms with van der Waals surface area (Å²) in [6, 6.07) is 6.87. The van der Waals surface area contributed by atoms with Crippen LogP contribution in [0.4, 0.5) is 0 Å². The van der Waals surface area contributed by atoms with Crippen molar-refractivity contribution in [3.05, 3.63) is 41.3 Å². The van der Waals surface area contributed by atoms with Crippen LogP contribution >= 0.6 is 0 Å². The normalized spacial score (nSPS) is 10.8. The molecule has 0 heterocycles. The van der Waals surface area contributed by atoms with Gasteiger partial charge in [0.2, 0.25) is 0 Å². The fraction of sp³-hybridized carbons (Fsp3) is 0.611. The van der Waals surface area contributed by atoms with Gasteiger partial charge in [0.1, 0.15) is 0 Å². The quantitative estimate of drug-likeness (QED) is 0.488. The van der Waals surface area contributed by atoms with E-state index in [2.05, 4.69) is 45.4 Å².